The Balaban J connectivity index is 1.46. The van der Waals surface area contributed by atoms with Gasteiger partial charge in [-0.15, -0.1) is 0 Å². The highest BCUT2D eigenvalue weighted by atomic mass is 35.5. The van der Waals surface area contributed by atoms with Crippen LogP contribution in [0.1, 0.15) is 24.4 Å². The lowest BCUT2D eigenvalue weighted by molar-refractivity contribution is 0.0384. The number of aromatic nitrogens is 3. The summed E-state index contributed by atoms with van der Waals surface area (Å²) in [4.78, 5) is 16.3. The molecule has 5 rings (SSSR count). The Morgan fingerprint density at radius 1 is 1.09 bits per heavy atom. The molecule has 32 heavy (non-hydrogen) atoms. The van der Waals surface area contributed by atoms with E-state index in [1.165, 1.54) is 0 Å². The molecule has 0 aliphatic carbocycles. The summed E-state index contributed by atoms with van der Waals surface area (Å²) in [6.07, 6.45) is 2.44. The van der Waals surface area contributed by atoms with Gasteiger partial charge in [-0.3, -0.25) is 9.88 Å². The van der Waals surface area contributed by atoms with Crippen molar-refractivity contribution in [2.24, 2.45) is 0 Å². The molecule has 1 atom stereocenters. The first-order valence-corrected chi connectivity index (χ1v) is 11.4. The summed E-state index contributed by atoms with van der Waals surface area (Å²) in [5.41, 5.74) is 2.93. The number of para-hydroxylation sites is 1. The summed E-state index contributed by atoms with van der Waals surface area (Å²) in [5.74, 6) is 0.811. The number of pyridine rings is 1. The molecule has 7 heteroatoms. The van der Waals surface area contributed by atoms with Crippen LogP contribution in [0.15, 0.2) is 54.9 Å². The van der Waals surface area contributed by atoms with Crippen molar-refractivity contribution >= 4 is 39.1 Å². The van der Waals surface area contributed by atoms with E-state index in [9.17, 15) is 0 Å². The van der Waals surface area contributed by atoms with Gasteiger partial charge in [0.25, 0.3) is 0 Å². The normalized spacial score (nSPS) is 15.8. The van der Waals surface area contributed by atoms with Crippen molar-refractivity contribution in [2.75, 3.05) is 38.2 Å². The molecule has 0 amide bonds. The predicted molar refractivity (Wildman–Crippen MR) is 129 cm³/mol. The van der Waals surface area contributed by atoms with Crippen LogP contribution in [0, 0.1) is 0 Å². The number of morpholine rings is 1. The number of nitrogens with one attached hydrogen (secondary N) is 1. The Bertz CT molecular complexity index is 1240. The van der Waals surface area contributed by atoms with Gasteiger partial charge < -0.3 is 10.1 Å². The second kappa shape index (κ2) is 9.36. The molecule has 4 aromatic rings. The second-order valence-electron chi connectivity index (χ2n) is 8.14. The summed E-state index contributed by atoms with van der Waals surface area (Å²) in [6, 6.07) is 16.2. The van der Waals surface area contributed by atoms with Crippen LogP contribution in [-0.4, -0.2) is 52.7 Å². The average Bonchev–Trinajstić information content (AvgIpc) is 2.83. The smallest absolute Gasteiger partial charge is 0.137 e. The molecule has 2 aromatic carbocycles. The summed E-state index contributed by atoms with van der Waals surface area (Å²) >= 11 is 6.60. The van der Waals surface area contributed by atoms with Gasteiger partial charge in [-0.05, 0) is 36.6 Å². The predicted octanol–water partition coefficient (Wildman–Crippen LogP) is 4.88. The highest BCUT2D eigenvalue weighted by Gasteiger charge is 2.17. The third kappa shape index (κ3) is 4.39. The van der Waals surface area contributed by atoms with E-state index in [2.05, 4.69) is 39.2 Å². The van der Waals surface area contributed by atoms with E-state index in [4.69, 9.17) is 21.3 Å². The highest BCUT2D eigenvalue weighted by molar-refractivity contribution is 6.35. The molecule has 0 saturated carbocycles. The molecule has 0 bridgehead atoms. The molecule has 1 saturated heterocycles. The fraction of sp³-hybridized carbons (Fsp3) is 0.320. The molecular formula is C25H26ClN5O. The van der Waals surface area contributed by atoms with E-state index in [1.54, 1.807) is 6.33 Å². The van der Waals surface area contributed by atoms with Gasteiger partial charge in [-0.1, -0.05) is 35.9 Å². The first kappa shape index (κ1) is 21.1. The number of hydrogen-bond acceptors (Lipinski definition) is 6. The number of hydrogen-bond donors (Lipinski definition) is 1. The van der Waals surface area contributed by atoms with Crippen LogP contribution in [0.3, 0.4) is 0 Å². The summed E-state index contributed by atoms with van der Waals surface area (Å²) in [6.45, 7) is 6.57. The van der Waals surface area contributed by atoms with Crippen LogP contribution in [0.4, 0.5) is 5.82 Å². The van der Waals surface area contributed by atoms with Crippen LogP contribution < -0.4 is 5.32 Å². The van der Waals surface area contributed by atoms with Gasteiger partial charge in [0.1, 0.15) is 12.1 Å². The minimum absolute atomic E-state index is 0.0289. The zero-order valence-electron chi connectivity index (χ0n) is 18.1. The van der Waals surface area contributed by atoms with Gasteiger partial charge in [-0.2, -0.15) is 0 Å². The minimum Gasteiger partial charge on any atom is -0.379 e. The molecule has 0 spiro atoms. The SMILES string of the molecule is CC(Nc1ncnc2ccccc12)c1cc2cccc(Cl)c2c(CCN2CCOCC2)n1. The van der Waals surface area contributed by atoms with E-state index >= 15 is 0 Å². The molecule has 164 valence electrons. The molecule has 2 aromatic heterocycles. The Morgan fingerprint density at radius 2 is 1.94 bits per heavy atom. The monoisotopic (exact) mass is 447 g/mol. The maximum absolute atomic E-state index is 6.60. The average molecular weight is 448 g/mol. The number of benzene rings is 2. The lowest BCUT2D eigenvalue weighted by atomic mass is 10.0. The molecule has 6 nitrogen and oxygen atoms in total. The second-order valence-corrected chi connectivity index (χ2v) is 8.55. The zero-order chi connectivity index (χ0) is 21.9. The van der Waals surface area contributed by atoms with Gasteiger partial charge in [-0.25, -0.2) is 9.97 Å². The molecule has 0 radical (unpaired) electrons. The van der Waals surface area contributed by atoms with Crippen molar-refractivity contribution in [3.63, 3.8) is 0 Å². The standard InChI is InChI=1S/C25H26ClN5O/c1-17(29-25-19-6-2-3-8-21(19)27-16-28-25)23-15-18-5-4-7-20(26)24(18)22(30-23)9-10-31-11-13-32-14-12-31/h2-8,15-17H,9-14H2,1H3,(H,27,28,29). The lowest BCUT2D eigenvalue weighted by Crippen LogP contribution is -2.37. The molecule has 1 aliphatic rings. The number of ether oxygens (including phenoxy) is 1. The summed E-state index contributed by atoms with van der Waals surface area (Å²) < 4.78 is 5.48. The van der Waals surface area contributed by atoms with E-state index in [-0.39, 0.29) is 6.04 Å². The van der Waals surface area contributed by atoms with Crippen molar-refractivity contribution in [1.82, 2.24) is 19.9 Å². The number of rotatable bonds is 6. The number of fused-ring (bicyclic) bond motifs is 2. The van der Waals surface area contributed by atoms with Crippen molar-refractivity contribution in [2.45, 2.75) is 19.4 Å². The van der Waals surface area contributed by atoms with Crippen LogP contribution in [0.2, 0.25) is 5.02 Å². The zero-order valence-corrected chi connectivity index (χ0v) is 18.8. The van der Waals surface area contributed by atoms with Crippen molar-refractivity contribution in [3.8, 4) is 0 Å². The highest BCUT2D eigenvalue weighted by Crippen LogP contribution is 2.30. The van der Waals surface area contributed by atoms with Gasteiger partial charge in [0.05, 0.1) is 41.2 Å². The maximum Gasteiger partial charge on any atom is 0.137 e. The molecule has 1 N–H and O–H groups in total. The van der Waals surface area contributed by atoms with Crippen molar-refractivity contribution in [1.29, 1.82) is 0 Å². The Morgan fingerprint density at radius 3 is 2.81 bits per heavy atom. The number of nitrogens with zero attached hydrogens (tertiary/aromatic N) is 4. The molecular weight excluding hydrogens is 422 g/mol. The Hall–Kier alpha value is -2.80. The molecule has 1 unspecified atom stereocenters. The van der Waals surface area contributed by atoms with Crippen LogP contribution >= 0.6 is 11.6 Å². The lowest BCUT2D eigenvalue weighted by Gasteiger charge is -2.26. The Labute approximate surface area is 192 Å². The third-order valence-corrected chi connectivity index (χ3v) is 6.33. The molecule has 3 heterocycles. The number of halogens is 1. The fourth-order valence-electron chi connectivity index (χ4n) is 4.26. The van der Waals surface area contributed by atoms with Crippen molar-refractivity contribution < 1.29 is 4.74 Å². The minimum atomic E-state index is -0.0289. The number of anilines is 1. The topological polar surface area (TPSA) is 63.2 Å². The first-order chi connectivity index (χ1) is 15.7. The summed E-state index contributed by atoms with van der Waals surface area (Å²) in [7, 11) is 0. The van der Waals surface area contributed by atoms with Crippen LogP contribution in [0.25, 0.3) is 21.7 Å². The summed E-state index contributed by atoms with van der Waals surface area (Å²) in [5, 5.41) is 7.45. The van der Waals surface area contributed by atoms with Gasteiger partial charge >= 0.3 is 0 Å². The van der Waals surface area contributed by atoms with Gasteiger partial charge in [0, 0.05) is 36.8 Å². The van der Waals surface area contributed by atoms with Crippen molar-refractivity contribution in [3.05, 3.63) is 71.3 Å². The van der Waals surface area contributed by atoms with Crippen LogP contribution in [0.5, 0.6) is 0 Å². The molecule has 1 fully saturated rings. The van der Waals surface area contributed by atoms with E-state index in [0.717, 1.165) is 83.2 Å². The largest absolute Gasteiger partial charge is 0.379 e. The quantitative estimate of drug-likeness (QED) is 0.454. The fourth-order valence-corrected chi connectivity index (χ4v) is 4.55. The Kier molecular flexibility index (Phi) is 6.17. The van der Waals surface area contributed by atoms with E-state index < -0.39 is 0 Å². The maximum atomic E-state index is 6.60. The van der Waals surface area contributed by atoms with Gasteiger partial charge in [0.15, 0.2) is 0 Å². The van der Waals surface area contributed by atoms with Gasteiger partial charge in [0.2, 0.25) is 0 Å². The third-order valence-electron chi connectivity index (χ3n) is 6.01. The first-order valence-electron chi connectivity index (χ1n) is 11.0. The van der Waals surface area contributed by atoms with Crippen LogP contribution in [-0.2, 0) is 11.2 Å². The molecule has 1 aliphatic heterocycles. The van der Waals surface area contributed by atoms with E-state index in [1.807, 2.05) is 36.4 Å². The van der Waals surface area contributed by atoms with E-state index in [0.29, 0.717) is 0 Å².